The van der Waals surface area contributed by atoms with Crippen LogP contribution in [0, 0.1) is 23.1 Å². The number of carbonyl (C=O) groups is 1. The van der Waals surface area contributed by atoms with E-state index in [-0.39, 0.29) is 19.0 Å². The van der Waals surface area contributed by atoms with Crippen LogP contribution in [-0.2, 0) is 16.1 Å². The van der Waals surface area contributed by atoms with Gasteiger partial charge in [0.25, 0.3) is 0 Å². The molecule has 0 N–H and O–H groups in total. The molecule has 1 atom stereocenters. The Balaban J connectivity index is 1.91. The lowest BCUT2D eigenvalue weighted by Crippen LogP contribution is -2.17. The molecule has 7 heteroatoms. The maximum atomic E-state index is 13.3. The van der Waals surface area contributed by atoms with Gasteiger partial charge in [0.15, 0.2) is 5.92 Å². The summed E-state index contributed by atoms with van der Waals surface area (Å²) in [5, 5.41) is 13.8. The molecule has 1 aromatic heterocycles. The molecular weight excluding hydrogens is 371 g/mol. The highest BCUT2D eigenvalue weighted by Crippen LogP contribution is 2.24. The maximum absolute atomic E-state index is 13.3. The summed E-state index contributed by atoms with van der Waals surface area (Å²) in [4.78, 5) is 16.0. The van der Waals surface area contributed by atoms with Crippen LogP contribution in [0.5, 0.6) is 0 Å². The van der Waals surface area contributed by atoms with Crippen LogP contribution in [0.25, 0.3) is 16.9 Å². The molecule has 29 heavy (non-hydrogen) atoms. The second-order valence-corrected chi connectivity index (χ2v) is 6.14. The van der Waals surface area contributed by atoms with E-state index in [1.165, 1.54) is 18.3 Å². The Kier molecular flexibility index (Phi) is 6.48. The van der Waals surface area contributed by atoms with Crippen LogP contribution in [0.2, 0.25) is 0 Å². The first kappa shape index (κ1) is 20.0. The van der Waals surface area contributed by atoms with Gasteiger partial charge in [-0.3, -0.25) is 9.79 Å². The molecule has 0 unspecified atom stereocenters. The third-order valence-corrected chi connectivity index (χ3v) is 4.12. The minimum atomic E-state index is -1.06. The molecule has 146 valence electrons. The molecule has 2 aromatic carbocycles. The fourth-order valence-electron chi connectivity index (χ4n) is 2.72. The average molecular weight is 390 g/mol. The number of aromatic nitrogens is 2. The van der Waals surface area contributed by atoms with Gasteiger partial charge in [0.1, 0.15) is 5.82 Å². The van der Waals surface area contributed by atoms with Crippen LogP contribution < -0.4 is 0 Å². The number of carbonyl (C=O) groups excluding carboxylic acids is 1. The summed E-state index contributed by atoms with van der Waals surface area (Å²) in [5.74, 6) is -2.02. The third-order valence-electron chi connectivity index (χ3n) is 4.12. The predicted molar refractivity (Wildman–Crippen MR) is 107 cm³/mol. The Bertz CT molecular complexity index is 1040. The van der Waals surface area contributed by atoms with Crippen molar-refractivity contribution in [1.29, 1.82) is 5.26 Å². The van der Waals surface area contributed by atoms with E-state index in [0.717, 1.165) is 16.8 Å². The van der Waals surface area contributed by atoms with Crippen molar-refractivity contribution in [2.45, 2.75) is 13.5 Å². The summed E-state index contributed by atoms with van der Waals surface area (Å²) in [6.45, 7) is 2.08. The monoisotopic (exact) mass is 390 g/mol. The molecule has 0 aliphatic heterocycles. The Morgan fingerprint density at radius 1 is 1.28 bits per heavy atom. The van der Waals surface area contributed by atoms with Crippen molar-refractivity contribution < 1.29 is 13.9 Å². The summed E-state index contributed by atoms with van der Waals surface area (Å²) < 4.78 is 19.9. The molecule has 6 nitrogen and oxygen atoms in total. The van der Waals surface area contributed by atoms with Gasteiger partial charge in [-0.1, -0.05) is 18.2 Å². The first-order chi connectivity index (χ1) is 14.1. The number of rotatable bonds is 7. The molecule has 0 saturated heterocycles. The minimum absolute atomic E-state index is 0.198. The van der Waals surface area contributed by atoms with E-state index < -0.39 is 11.9 Å². The third kappa shape index (κ3) is 4.93. The number of para-hydroxylation sites is 1. The van der Waals surface area contributed by atoms with Crippen molar-refractivity contribution in [2.75, 3.05) is 6.61 Å². The summed E-state index contributed by atoms with van der Waals surface area (Å²) >= 11 is 0. The highest BCUT2D eigenvalue weighted by molar-refractivity contribution is 5.92. The van der Waals surface area contributed by atoms with Gasteiger partial charge < -0.3 is 4.74 Å². The van der Waals surface area contributed by atoms with Crippen molar-refractivity contribution in [3.05, 3.63) is 72.2 Å². The van der Waals surface area contributed by atoms with Gasteiger partial charge in [0.05, 0.1) is 30.6 Å². The number of aliphatic imine (C=N–C) groups is 1. The number of nitrogens with zero attached hydrogens (tertiary/aromatic N) is 4. The van der Waals surface area contributed by atoms with Crippen LogP contribution in [0.15, 0.2) is 65.8 Å². The van der Waals surface area contributed by atoms with Crippen molar-refractivity contribution in [3.63, 3.8) is 0 Å². The van der Waals surface area contributed by atoms with E-state index in [1.807, 2.05) is 42.6 Å². The molecule has 1 heterocycles. The van der Waals surface area contributed by atoms with Gasteiger partial charge in [-0.05, 0) is 43.3 Å². The summed E-state index contributed by atoms with van der Waals surface area (Å²) in [6, 6.07) is 17.5. The van der Waals surface area contributed by atoms with Crippen molar-refractivity contribution in [1.82, 2.24) is 9.78 Å². The van der Waals surface area contributed by atoms with Crippen LogP contribution in [0.1, 0.15) is 12.5 Å². The average Bonchev–Trinajstić information content (AvgIpc) is 3.17. The van der Waals surface area contributed by atoms with Crippen LogP contribution in [0.3, 0.4) is 0 Å². The number of hydrogen-bond donors (Lipinski definition) is 0. The fourth-order valence-corrected chi connectivity index (χ4v) is 2.72. The molecule has 3 rings (SSSR count). The molecule has 0 spiro atoms. The van der Waals surface area contributed by atoms with Gasteiger partial charge in [0.2, 0.25) is 0 Å². The van der Waals surface area contributed by atoms with Crippen molar-refractivity contribution >= 4 is 12.2 Å². The molecular formula is C22H19FN4O2. The largest absolute Gasteiger partial charge is 0.465 e. The fraction of sp³-hybridized carbons (Fsp3) is 0.182. The highest BCUT2D eigenvalue weighted by atomic mass is 19.1. The molecule has 0 radical (unpaired) electrons. The smallest absolute Gasteiger partial charge is 0.328 e. The summed E-state index contributed by atoms with van der Waals surface area (Å²) in [5.41, 5.74) is 3.04. The second-order valence-electron chi connectivity index (χ2n) is 6.14. The predicted octanol–water partition coefficient (Wildman–Crippen LogP) is 3.95. The van der Waals surface area contributed by atoms with E-state index in [0.29, 0.717) is 5.69 Å². The van der Waals surface area contributed by atoms with Crippen LogP contribution in [-0.4, -0.2) is 28.6 Å². The quantitative estimate of drug-likeness (QED) is 0.452. The van der Waals surface area contributed by atoms with Crippen molar-refractivity contribution in [2.24, 2.45) is 10.9 Å². The number of esters is 1. The van der Waals surface area contributed by atoms with Gasteiger partial charge in [-0.25, -0.2) is 9.07 Å². The first-order valence-electron chi connectivity index (χ1n) is 9.08. The normalized spacial score (nSPS) is 11.9. The van der Waals surface area contributed by atoms with Gasteiger partial charge in [0, 0.05) is 23.5 Å². The van der Waals surface area contributed by atoms with Gasteiger partial charge in [-0.2, -0.15) is 10.4 Å². The SMILES string of the molecule is CCOC(=O)[C@@H](C#N)C=NCc1cn(-c2ccccc2)nc1-c1ccc(F)cc1. The molecule has 3 aromatic rings. The minimum Gasteiger partial charge on any atom is -0.465 e. The van der Waals surface area contributed by atoms with Gasteiger partial charge in [-0.15, -0.1) is 0 Å². The Hall–Kier alpha value is -3.79. The topological polar surface area (TPSA) is 80.3 Å². The van der Waals surface area contributed by atoms with E-state index >= 15 is 0 Å². The summed E-state index contributed by atoms with van der Waals surface area (Å²) in [7, 11) is 0. The number of halogens is 1. The molecule has 0 aliphatic rings. The first-order valence-corrected chi connectivity index (χ1v) is 9.08. The summed E-state index contributed by atoms with van der Waals surface area (Å²) in [6.07, 6.45) is 3.11. The zero-order valence-electron chi connectivity index (χ0n) is 15.8. The van der Waals surface area contributed by atoms with E-state index in [2.05, 4.69) is 10.1 Å². The lowest BCUT2D eigenvalue weighted by atomic mass is 10.1. The second kappa shape index (κ2) is 9.42. The Morgan fingerprint density at radius 3 is 2.66 bits per heavy atom. The van der Waals surface area contributed by atoms with Gasteiger partial charge >= 0.3 is 5.97 Å². The molecule has 0 amide bonds. The van der Waals surface area contributed by atoms with E-state index in [4.69, 9.17) is 10.00 Å². The van der Waals surface area contributed by atoms with Crippen molar-refractivity contribution in [3.8, 4) is 23.0 Å². The number of benzene rings is 2. The number of ether oxygens (including phenoxy) is 1. The zero-order chi connectivity index (χ0) is 20.6. The molecule has 0 aliphatic carbocycles. The Labute approximate surface area is 167 Å². The zero-order valence-corrected chi connectivity index (χ0v) is 15.8. The molecule has 0 fully saturated rings. The van der Waals surface area contributed by atoms with E-state index in [1.54, 1.807) is 23.7 Å². The lowest BCUT2D eigenvalue weighted by Gasteiger charge is -2.03. The molecule has 0 saturated carbocycles. The standard InChI is InChI=1S/C22H19FN4O2/c1-2-29-22(28)17(12-24)13-25-14-18-15-27(20-6-4-3-5-7-20)26-21(18)16-8-10-19(23)11-9-16/h3-11,13,15,17H,2,14H2,1H3/t17-/m0/s1. The highest BCUT2D eigenvalue weighted by Gasteiger charge is 2.17. The lowest BCUT2D eigenvalue weighted by molar-refractivity contribution is -0.143. The van der Waals surface area contributed by atoms with Crippen LogP contribution >= 0.6 is 0 Å². The molecule has 0 bridgehead atoms. The number of nitriles is 1. The van der Waals surface area contributed by atoms with E-state index in [9.17, 15) is 9.18 Å². The Morgan fingerprint density at radius 2 is 2.00 bits per heavy atom. The van der Waals surface area contributed by atoms with Crippen LogP contribution in [0.4, 0.5) is 4.39 Å². The maximum Gasteiger partial charge on any atom is 0.328 e. The number of hydrogen-bond acceptors (Lipinski definition) is 5.